The van der Waals surface area contributed by atoms with Crippen LogP contribution in [-0.2, 0) is 6.54 Å². The van der Waals surface area contributed by atoms with Crippen LogP contribution in [-0.4, -0.2) is 28.2 Å². The zero-order valence-electron chi connectivity index (χ0n) is 20.4. The molecule has 4 nitrogen and oxygen atoms in total. The summed E-state index contributed by atoms with van der Waals surface area (Å²) in [4.78, 5) is 8.62. The van der Waals surface area contributed by atoms with Crippen LogP contribution in [0.1, 0.15) is 70.3 Å². The first-order chi connectivity index (χ1) is 17.1. The predicted molar refractivity (Wildman–Crippen MR) is 152 cm³/mol. The van der Waals surface area contributed by atoms with Crippen LogP contribution in [0.3, 0.4) is 0 Å². The third-order valence-electron chi connectivity index (χ3n) is 7.45. The second-order valence-corrected chi connectivity index (χ2v) is 11.7. The third kappa shape index (κ3) is 5.45. The van der Waals surface area contributed by atoms with Gasteiger partial charge in [0.25, 0.3) is 0 Å². The highest BCUT2D eigenvalue weighted by molar-refractivity contribution is 7.80. The molecule has 0 atom stereocenters. The molecule has 1 N–H and O–H groups in total. The quantitative estimate of drug-likeness (QED) is 0.301. The van der Waals surface area contributed by atoms with Gasteiger partial charge in [0, 0.05) is 17.6 Å². The van der Waals surface area contributed by atoms with Crippen LogP contribution >= 0.6 is 35.2 Å². The summed E-state index contributed by atoms with van der Waals surface area (Å²) in [7, 11) is 0. The van der Waals surface area contributed by atoms with Crippen molar-refractivity contribution < 1.29 is 4.74 Å². The summed E-state index contributed by atoms with van der Waals surface area (Å²) in [5, 5.41) is 5.62. The molecule has 0 unspecified atom stereocenters. The lowest BCUT2D eigenvalue weighted by Gasteiger charge is -2.43. The maximum atomic E-state index is 6.24. The van der Waals surface area contributed by atoms with E-state index in [1.54, 1.807) is 11.3 Å². The number of benzene rings is 2. The van der Waals surface area contributed by atoms with Crippen molar-refractivity contribution in [2.45, 2.75) is 82.8 Å². The Hall–Kier alpha value is -1.89. The summed E-state index contributed by atoms with van der Waals surface area (Å²) in [5.74, 6) is 0.893. The summed E-state index contributed by atoms with van der Waals surface area (Å²) in [6.45, 7) is 3.42. The first kappa shape index (κ1) is 24.8. The van der Waals surface area contributed by atoms with E-state index in [2.05, 4.69) is 34.5 Å². The van der Waals surface area contributed by atoms with Crippen molar-refractivity contribution in [3.63, 3.8) is 0 Å². The molecule has 3 aromatic rings. The van der Waals surface area contributed by atoms with Gasteiger partial charge >= 0.3 is 0 Å². The minimum Gasteiger partial charge on any atom is -0.494 e. The van der Waals surface area contributed by atoms with Crippen LogP contribution in [0.5, 0.6) is 5.75 Å². The van der Waals surface area contributed by atoms with Crippen molar-refractivity contribution in [2.24, 2.45) is 0 Å². The summed E-state index contributed by atoms with van der Waals surface area (Å²) >= 11 is 14.2. The molecule has 2 aliphatic carbocycles. The first-order valence-corrected chi connectivity index (χ1v) is 14.5. The Morgan fingerprint density at radius 2 is 1.86 bits per heavy atom. The monoisotopic (exact) mass is 527 g/mol. The number of thiazole rings is 1. The van der Waals surface area contributed by atoms with Gasteiger partial charge in [0.1, 0.15) is 10.7 Å². The Labute approximate surface area is 223 Å². The van der Waals surface area contributed by atoms with Crippen LogP contribution in [0.25, 0.3) is 10.2 Å². The van der Waals surface area contributed by atoms with Crippen molar-refractivity contribution in [3.05, 3.63) is 53.1 Å². The number of hydrogen-bond acceptors (Lipinski definition) is 5. The summed E-state index contributed by atoms with van der Waals surface area (Å²) in [6.07, 6.45) is 10.8. The van der Waals surface area contributed by atoms with Gasteiger partial charge in [-0.3, -0.25) is 0 Å². The highest BCUT2D eigenvalue weighted by Gasteiger charge is 2.45. The van der Waals surface area contributed by atoms with Crippen molar-refractivity contribution in [2.75, 3.05) is 11.5 Å². The Balaban J connectivity index is 1.53. The SMILES string of the molecule is CCOc1ccc2nc(N(Cc3ccc(Cl)cc3)C3(C(=S)NC4CCCCC4)CCCC3)sc2c1. The molecule has 0 aliphatic heterocycles. The Morgan fingerprint density at radius 1 is 1.11 bits per heavy atom. The van der Waals surface area contributed by atoms with Gasteiger partial charge in [0.15, 0.2) is 5.13 Å². The molecule has 2 saturated carbocycles. The van der Waals surface area contributed by atoms with Gasteiger partial charge in [-0.2, -0.15) is 0 Å². The standard InChI is InChI=1S/C28H34ClN3OS2/c1-2-33-23-14-15-24-25(18-23)35-27(31-24)32(19-20-10-12-21(29)13-11-20)28(16-6-7-17-28)26(34)30-22-8-4-3-5-9-22/h10-15,18,22H,2-9,16-17,19H2,1H3,(H,30,34). The van der Waals surface area contributed by atoms with Gasteiger partial charge in [0.05, 0.1) is 22.4 Å². The second kappa shape index (κ2) is 11.0. The van der Waals surface area contributed by atoms with Crippen molar-refractivity contribution in [1.29, 1.82) is 0 Å². The minimum atomic E-state index is -0.219. The second-order valence-electron chi connectivity index (χ2n) is 9.82. The van der Waals surface area contributed by atoms with Crippen molar-refractivity contribution in [3.8, 4) is 5.75 Å². The Morgan fingerprint density at radius 3 is 2.57 bits per heavy atom. The molecule has 0 spiro atoms. The molecule has 2 fully saturated rings. The van der Waals surface area contributed by atoms with E-state index in [-0.39, 0.29) is 5.54 Å². The molecule has 35 heavy (non-hydrogen) atoms. The minimum absolute atomic E-state index is 0.219. The van der Waals surface area contributed by atoms with Crippen LogP contribution < -0.4 is 15.0 Å². The maximum absolute atomic E-state index is 6.24. The third-order valence-corrected chi connectivity index (χ3v) is 9.25. The zero-order valence-corrected chi connectivity index (χ0v) is 22.8. The number of nitrogens with zero attached hydrogens (tertiary/aromatic N) is 2. The highest BCUT2D eigenvalue weighted by atomic mass is 35.5. The lowest BCUT2D eigenvalue weighted by molar-refractivity contribution is 0.341. The number of ether oxygens (including phenoxy) is 1. The van der Waals surface area contributed by atoms with Crippen LogP contribution in [0.2, 0.25) is 5.02 Å². The number of aromatic nitrogens is 1. The fourth-order valence-corrected chi connectivity index (χ4v) is 7.28. The number of anilines is 1. The molecule has 0 saturated heterocycles. The van der Waals surface area contributed by atoms with Gasteiger partial charge in [-0.05, 0) is 68.5 Å². The van der Waals surface area contributed by atoms with Gasteiger partial charge in [-0.1, -0.05) is 79.4 Å². The average Bonchev–Trinajstić information content (AvgIpc) is 3.52. The topological polar surface area (TPSA) is 37.4 Å². The molecule has 5 rings (SSSR count). The van der Waals surface area contributed by atoms with E-state index in [9.17, 15) is 0 Å². The lowest BCUT2D eigenvalue weighted by atomic mass is 9.91. The van der Waals surface area contributed by atoms with Crippen molar-refractivity contribution >= 4 is 55.5 Å². The lowest BCUT2D eigenvalue weighted by Crippen LogP contribution is -2.58. The largest absolute Gasteiger partial charge is 0.494 e. The molecule has 1 heterocycles. The van der Waals surface area contributed by atoms with Gasteiger partial charge in [-0.25, -0.2) is 4.98 Å². The number of fused-ring (bicyclic) bond motifs is 1. The smallest absolute Gasteiger partial charge is 0.187 e. The molecule has 2 aromatic carbocycles. The number of halogens is 1. The van der Waals surface area contributed by atoms with E-state index in [0.29, 0.717) is 12.6 Å². The maximum Gasteiger partial charge on any atom is 0.187 e. The van der Waals surface area contributed by atoms with E-state index < -0.39 is 0 Å². The summed E-state index contributed by atoms with van der Waals surface area (Å²) in [6, 6.07) is 14.9. The molecule has 2 aliphatic rings. The van der Waals surface area contributed by atoms with Crippen LogP contribution in [0.15, 0.2) is 42.5 Å². The zero-order chi connectivity index (χ0) is 24.3. The Kier molecular flexibility index (Phi) is 7.80. The first-order valence-electron chi connectivity index (χ1n) is 12.9. The molecule has 0 bridgehead atoms. The van der Waals surface area contributed by atoms with E-state index in [0.717, 1.165) is 50.5 Å². The van der Waals surface area contributed by atoms with E-state index in [1.807, 2.05) is 25.1 Å². The fraction of sp³-hybridized carbons (Fsp3) is 0.500. The van der Waals surface area contributed by atoms with E-state index >= 15 is 0 Å². The summed E-state index contributed by atoms with van der Waals surface area (Å²) in [5.41, 5.74) is 2.01. The Bertz CT molecular complexity index is 1150. The van der Waals surface area contributed by atoms with Gasteiger partial charge < -0.3 is 15.0 Å². The van der Waals surface area contributed by atoms with E-state index in [1.165, 1.54) is 50.5 Å². The number of rotatable bonds is 8. The average molecular weight is 528 g/mol. The molecule has 186 valence electrons. The highest BCUT2D eigenvalue weighted by Crippen LogP contribution is 2.43. The van der Waals surface area contributed by atoms with E-state index in [4.69, 9.17) is 33.5 Å². The van der Waals surface area contributed by atoms with Crippen molar-refractivity contribution in [1.82, 2.24) is 10.3 Å². The number of nitrogens with one attached hydrogen (secondary N) is 1. The van der Waals surface area contributed by atoms with Gasteiger partial charge in [0.2, 0.25) is 0 Å². The van der Waals surface area contributed by atoms with Gasteiger partial charge in [-0.15, -0.1) is 0 Å². The molecular weight excluding hydrogens is 494 g/mol. The predicted octanol–water partition coefficient (Wildman–Crippen LogP) is 7.92. The molecule has 0 amide bonds. The summed E-state index contributed by atoms with van der Waals surface area (Å²) < 4.78 is 6.90. The van der Waals surface area contributed by atoms with Crippen LogP contribution in [0, 0.1) is 0 Å². The fourth-order valence-electron chi connectivity index (χ4n) is 5.59. The molecule has 1 aromatic heterocycles. The molecule has 0 radical (unpaired) electrons. The normalized spacial score (nSPS) is 18.0. The molecule has 7 heteroatoms. The molecular formula is C28H34ClN3OS2. The number of thiocarbonyl (C=S) groups is 1. The van der Waals surface area contributed by atoms with Crippen LogP contribution in [0.4, 0.5) is 5.13 Å². The number of hydrogen-bond donors (Lipinski definition) is 1.